The summed E-state index contributed by atoms with van der Waals surface area (Å²) in [5, 5.41) is 5.83. The lowest BCUT2D eigenvalue weighted by Crippen LogP contribution is -2.46. The van der Waals surface area contributed by atoms with Crippen LogP contribution >= 0.6 is 0 Å². The molecule has 0 aliphatic heterocycles. The van der Waals surface area contributed by atoms with E-state index in [1.54, 1.807) is 4.90 Å². The first-order valence-electron chi connectivity index (χ1n) is 6.17. The lowest BCUT2D eigenvalue weighted by atomic mass is 10.3. The van der Waals surface area contributed by atoms with Gasteiger partial charge < -0.3 is 15.5 Å². The van der Waals surface area contributed by atoms with Crippen LogP contribution in [0.5, 0.6) is 0 Å². The first-order chi connectivity index (χ1) is 7.86. The number of hydrogen-bond acceptors (Lipinski definition) is 3. The number of carbonyl (C=O) groups is 2. The Bertz CT molecular complexity index is 252. The minimum Gasteiger partial charge on any atom is -0.352 e. The minimum absolute atomic E-state index is 0.0416. The zero-order valence-electron chi connectivity index (χ0n) is 11.5. The van der Waals surface area contributed by atoms with Crippen molar-refractivity contribution in [1.82, 2.24) is 15.5 Å². The zero-order chi connectivity index (χ0) is 13.4. The van der Waals surface area contributed by atoms with Crippen molar-refractivity contribution in [1.29, 1.82) is 0 Å². The number of nitrogens with one attached hydrogen (secondary N) is 2. The van der Waals surface area contributed by atoms with E-state index in [9.17, 15) is 9.59 Å². The van der Waals surface area contributed by atoms with Crippen LogP contribution in [0, 0.1) is 0 Å². The van der Waals surface area contributed by atoms with Crippen molar-refractivity contribution in [3.05, 3.63) is 0 Å². The van der Waals surface area contributed by atoms with Gasteiger partial charge in [0.15, 0.2) is 0 Å². The molecule has 0 aromatic rings. The van der Waals surface area contributed by atoms with Crippen LogP contribution in [-0.4, -0.2) is 48.4 Å². The Balaban J connectivity index is 4.13. The number of carbonyl (C=O) groups excluding carboxylic acids is 2. The van der Waals surface area contributed by atoms with E-state index in [1.807, 2.05) is 34.6 Å². The van der Waals surface area contributed by atoms with Crippen molar-refractivity contribution < 1.29 is 9.59 Å². The van der Waals surface area contributed by atoms with Crippen molar-refractivity contribution in [3.8, 4) is 0 Å². The maximum Gasteiger partial charge on any atom is 0.239 e. The van der Waals surface area contributed by atoms with Crippen LogP contribution in [0.2, 0.25) is 0 Å². The monoisotopic (exact) mass is 243 g/mol. The first kappa shape index (κ1) is 15.9. The highest BCUT2D eigenvalue weighted by Gasteiger charge is 2.15. The molecular weight excluding hydrogens is 218 g/mol. The van der Waals surface area contributed by atoms with Crippen LogP contribution < -0.4 is 10.6 Å². The highest BCUT2D eigenvalue weighted by Crippen LogP contribution is 1.91. The Morgan fingerprint density at radius 2 is 1.71 bits per heavy atom. The summed E-state index contributed by atoms with van der Waals surface area (Å²) in [6.45, 7) is 10.6. The molecule has 0 radical (unpaired) electrons. The molecule has 0 rings (SSSR count). The van der Waals surface area contributed by atoms with E-state index in [4.69, 9.17) is 0 Å². The van der Waals surface area contributed by atoms with Gasteiger partial charge in [-0.25, -0.2) is 0 Å². The van der Waals surface area contributed by atoms with Gasteiger partial charge in [0.05, 0.1) is 13.1 Å². The zero-order valence-corrected chi connectivity index (χ0v) is 11.5. The van der Waals surface area contributed by atoms with E-state index in [0.29, 0.717) is 6.54 Å². The molecule has 0 saturated carbocycles. The fourth-order valence-electron chi connectivity index (χ4n) is 1.32. The molecule has 2 amide bonds. The number of amides is 2. The van der Waals surface area contributed by atoms with Gasteiger partial charge in [0, 0.05) is 18.6 Å². The van der Waals surface area contributed by atoms with Crippen LogP contribution in [-0.2, 0) is 9.59 Å². The van der Waals surface area contributed by atoms with Crippen LogP contribution in [0.3, 0.4) is 0 Å². The van der Waals surface area contributed by atoms with Crippen molar-refractivity contribution >= 4 is 11.8 Å². The average molecular weight is 243 g/mol. The number of hydrogen-bond donors (Lipinski definition) is 2. The lowest BCUT2D eigenvalue weighted by Gasteiger charge is -2.22. The standard InChI is InChI=1S/C12H25N3O2/c1-6-15(8-11(16)14-10(4)5)12(17)7-13-9(2)3/h9-10,13H,6-8H2,1-5H3,(H,14,16). The highest BCUT2D eigenvalue weighted by atomic mass is 16.2. The molecule has 0 heterocycles. The summed E-state index contributed by atoms with van der Waals surface area (Å²) in [5.41, 5.74) is 0. The first-order valence-corrected chi connectivity index (χ1v) is 6.17. The Morgan fingerprint density at radius 3 is 2.12 bits per heavy atom. The fourth-order valence-corrected chi connectivity index (χ4v) is 1.32. The summed E-state index contributed by atoms with van der Waals surface area (Å²) in [7, 11) is 0. The van der Waals surface area contributed by atoms with Crippen molar-refractivity contribution in [2.75, 3.05) is 19.6 Å². The largest absolute Gasteiger partial charge is 0.352 e. The molecule has 5 nitrogen and oxygen atoms in total. The van der Waals surface area contributed by atoms with Crippen molar-refractivity contribution in [3.63, 3.8) is 0 Å². The maximum atomic E-state index is 11.8. The third kappa shape index (κ3) is 7.74. The van der Waals surface area contributed by atoms with Crippen LogP contribution in [0.25, 0.3) is 0 Å². The van der Waals surface area contributed by atoms with Gasteiger partial charge in [0.25, 0.3) is 0 Å². The summed E-state index contributed by atoms with van der Waals surface area (Å²) in [4.78, 5) is 24.9. The average Bonchev–Trinajstić information content (AvgIpc) is 2.21. The molecule has 0 fully saturated rings. The molecule has 100 valence electrons. The molecule has 0 unspecified atom stereocenters. The molecule has 0 aliphatic rings. The predicted octanol–water partition coefficient (Wildman–Crippen LogP) is 0.358. The summed E-state index contributed by atoms with van der Waals surface area (Å²) >= 11 is 0. The molecule has 0 aliphatic carbocycles. The van der Waals surface area contributed by atoms with Gasteiger partial charge in [-0.05, 0) is 20.8 Å². The Kier molecular flexibility index (Phi) is 7.54. The summed E-state index contributed by atoms with van der Waals surface area (Å²) in [6, 6.07) is 0.368. The van der Waals surface area contributed by atoms with E-state index in [2.05, 4.69) is 10.6 Å². The second-order valence-corrected chi connectivity index (χ2v) is 4.67. The van der Waals surface area contributed by atoms with Gasteiger partial charge in [-0.3, -0.25) is 9.59 Å². The van der Waals surface area contributed by atoms with E-state index in [1.165, 1.54) is 0 Å². The minimum atomic E-state index is -0.111. The number of rotatable bonds is 7. The van der Waals surface area contributed by atoms with Gasteiger partial charge in [-0.15, -0.1) is 0 Å². The molecule has 0 aromatic carbocycles. The number of likely N-dealkylation sites (N-methyl/N-ethyl adjacent to an activating group) is 1. The smallest absolute Gasteiger partial charge is 0.239 e. The molecule has 0 aromatic heterocycles. The van der Waals surface area contributed by atoms with Gasteiger partial charge in [-0.1, -0.05) is 13.8 Å². The predicted molar refractivity (Wildman–Crippen MR) is 68.7 cm³/mol. The van der Waals surface area contributed by atoms with E-state index in [-0.39, 0.29) is 37.0 Å². The van der Waals surface area contributed by atoms with Gasteiger partial charge in [0.1, 0.15) is 0 Å². The molecular formula is C12H25N3O2. The second kappa shape index (κ2) is 8.06. The molecule has 2 N–H and O–H groups in total. The quantitative estimate of drug-likeness (QED) is 0.678. The number of nitrogens with zero attached hydrogens (tertiary/aromatic N) is 1. The van der Waals surface area contributed by atoms with Crippen molar-refractivity contribution in [2.45, 2.75) is 46.7 Å². The maximum absolute atomic E-state index is 11.8. The lowest BCUT2D eigenvalue weighted by molar-refractivity contribution is -0.135. The summed E-state index contributed by atoms with van der Waals surface area (Å²) < 4.78 is 0. The molecule has 0 bridgehead atoms. The Labute approximate surface area is 104 Å². The highest BCUT2D eigenvalue weighted by molar-refractivity contribution is 5.85. The van der Waals surface area contributed by atoms with Crippen molar-refractivity contribution in [2.24, 2.45) is 0 Å². The van der Waals surface area contributed by atoms with Crippen LogP contribution in [0.1, 0.15) is 34.6 Å². The van der Waals surface area contributed by atoms with Crippen LogP contribution in [0.4, 0.5) is 0 Å². The topological polar surface area (TPSA) is 61.4 Å². The van der Waals surface area contributed by atoms with Gasteiger partial charge in [-0.2, -0.15) is 0 Å². The van der Waals surface area contributed by atoms with Gasteiger partial charge in [0.2, 0.25) is 11.8 Å². The Morgan fingerprint density at radius 1 is 1.12 bits per heavy atom. The summed E-state index contributed by atoms with van der Waals surface area (Å²) in [6.07, 6.45) is 0. The normalized spacial score (nSPS) is 10.8. The summed E-state index contributed by atoms with van der Waals surface area (Å²) in [5.74, 6) is -0.153. The van der Waals surface area contributed by atoms with E-state index < -0.39 is 0 Å². The van der Waals surface area contributed by atoms with Gasteiger partial charge >= 0.3 is 0 Å². The molecule has 5 heteroatoms. The van der Waals surface area contributed by atoms with E-state index >= 15 is 0 Å². The van der Waals surface area contributed by atoms with E-state index in [0.717, 1.165) is 0 Å². The Hall–Kier alpha value is -1.10. The fraction of sp³-hybridized carbons (Fsp3) is 0.833. The van der Waals surface area contributed by atoms with Crippen LogP contribution in [0.15, 0.2) is 0 Å². The molecule has 17 heavy (non-hydrogen) atoms. The second-order valence-electron chi connectivity index (χ2n) is 4.67. The molecule has 0 spiro atoms. The molecule has 0 saturated heterocycles. The third-order valence-electron chi connectivity index (χ3n) is 2.18. The SMILES string of the molecule is CCN(CC(=O)NC(C)C)C(=O)CNC(C)C. The third-order valence-corrected chi connectivity index (χ3v) is 2.18. The molecule has 0 atom stereocenters.